The summed E-state index contributed by atoms with van der Waals surface area (Å²) in [5, 5.41) is 10.2. The van der Waals surface area contributed by atoms with Crippen molar-refractivity contribution in [1.29, 1.82) is 0 Å². The van der Waals surface area contributed by atoms with Crippen molar-refractivity contribution in [3.63, 3.8) is 0 Å². The van der Waals surface area contributed by atoms with Crippen molar-refractivity contribution in [1.82, 2.24) is 0 Å². The van der Waals surface area contributed by atoms with Gasteiger partial charge < -0.3 is 14.7 Å². The van der Waals surface area contributed by atoms with Gasteiger partial charge in [-0.05, 0) is 58.3 Å². The van der Waals surface area contributed by atoms with E-state index in [4.69, 9.17) is 9.11 Å². The van der Waals surface area contributed by atoms with Crippen LogP contribution in [0.25, 0.3) is 0 Å². The van der Waals surface area contributed by atoms with Gasteiger partial charge in [-0.15, -0.1) is 0 Å². The smallest absolute Gasteiger partial charge is 0.550 e. The van der Waals surface area contributed by atoms with Crippen molar-refractivity contribution in [3.8, 4) is 0 Å². The average molecular weight is 645 g/mol. The van der Waals surface area contributed by atoms with Crippen molar-refractivity contribution >= 4 is 38.3 Å². The van der Waals surface area contributed by atoms with Crippen LogP contribution in [0.5, 0.6) is 0 Å². The Balaban J connectivity index is -0.000000289. The molecule has 0 fully saturated rings. The Morgan fingerprint density at radius 2 is 1.05 bits per heavy atom. The molecule has 0 heterocycles. The first kappa shape index (κ1) is 48.4. The van der Waals surface area contributed by atoms with E-state index in [0.29, 0.717) is 6.42 Å². The molecule has 2 N–H and O–H groups in total. The molecule has 0 aliphatic carbocycles. The van der Waals surface area contributed by atoms with E-state index in [1.807, 2.05) is 0 Å². The summed E-state index contributed by atoms with van der Waals surface area (Å²) in [6.07, 6.45) is 31.7. The van der Waals surface area contributed by atoms with Gasteiger partial charge in [0.15, 0.2) is 0 Å². The summed E-state index contributed by atoms with van der Waals surface area (Å²) in [5.41, 5.74) is 0. The Labute approximate surface area is 282 Å². The SMILES string of the molecule is CCCCC/C=C\C/C=C\CCCCCCCC(=O)[O-].CCCCCCCCCC(=O)C(C)C=O.O=S(O)S(=O)O.[Na+]. The molecule has 3 unspecified atom stereocenters. The number of carboxylic acid groups (broad SMARTS) is 1. The number of ketones is 1. The van der Waals surface area contributed by atoms with E-state index >= 15 is 0 Å². The maximum atomic E-state index is 11.3. The molecular formula is C31H57NaO8S2. The minimum Gasteiger partial charge on any atom is -0.550 e. The second kappa shape index (κ2) is 40.5. The molecule has 3 atom stereocenters. The van der Waals surface area contributed by atoms with Crippen LogP contribution in [0, 0.1) is 5.92 Å². The monoisotopic (exact) mass is 644 g/mol. The van der Waals surface area contributed by atoms with E-state index in [1.54, 1.807) is 6.92 Å². The second-order valence-electron chi connectivity index (χ2n) is 10.0. The third-order valence-electron chi connectivity index (χ3n) is 6.19. The molecule has 0 bridgehead atoms. The Morgan fingerprint density at radius 1 is 0.667 bits per heavy atom. The fraction of sp³-hybridized carbons (Fsp3) is 0.774. The summed E-state index contributed by atoms with van der Waals surface area (Å²) in [4.78, 5) is 31.8. The van der Waals surface area contributed by atoms with E-state index in [2.05, 4.69) is 38.2 Å². The molecule has 0 amide bonds. The Bertz CT molecular complexity index is 718. The summed E-state index contributed by atoms with van der Waals surface area (Å²) in [5.74, 6) is -1.22. The van der Waals surface area contributed by atoms with Gasteiger partial charge in [-0.3, -0.25) is 13.9 Å². The average Bonchev–Trinajstić information content (AvgIpc) is 2.94. The standard InChI is InChI=1S/C18H32O2.C13H24O2.Na.H2O4S2/c1-2-3-4-5-6-7-8-9-10-11-12-13-14-15-16-17-18(19)20;1-3-4-5-6-7-8-9-10-13(15)12(2)11-14;;1-5(2)6(3)4/h6-7,9-10H,2-5,8,11-17H2,1H3,(H,19,20);11-12H,3-10H2,1-2H3;;(H,1,2)(H,3,4)/q;;+1;/p-1/b7-6-,10-9-;;;. The zero-order chi connectivity index (χ0) is 31.6. The molecule has 11 heteroatoms. The molecule has 0 saturated carbocycles. The van der Waals surface area contributed by atoms with Crippen LogP contribution in [0.4, 0.5) is 0 Å². The molecule has 0 aliphatic heterocycles. The number of aliphatic carboxylic acids is 1. The molecule has 0 aromatic rings. The second-order valence-corrected chi connectivity index (χ2v) is 12.6. The number of carboxylic acids is 1. The molecule has 0 rings (SSSR count). The van der Waals surface area contributed by atoms with Gasteiger partial charge in [-0.25, -0.2) is 8.42 Å². The minimum atomic E-state index is -2.59. The van der Waals surface area contributed by atoms with Crippen LogP contribution in [0.1, 0.15) is 149 Å². The number of hydrogen-bond donors (Lipinski definition) is 2. The number of unbranched alkanes of at least 4 members (excludes halogenated alkanes) is 14. The predicted molar refractivity (Wildman–Crippen MR) is 169 cm³/mol. The van der Waals surface area contributed by atoms with E-state index in [0.717, 1.165) is 51.2 Å². The topological polar surface area (TPSA) is 149 Å². The van der Waals surface area contributed by atoms with Crippen LogP contribution in [0.3, 0.4) is 0 Å². The van der Waals surface area contributed by atoms with E-state index < -0.39 is 32.1 Å². The van der Waals surface area contributed by atoms with Gasteiger partial charge in [0.05, 0.1) is 5.92 Å². The van der Waals surface area contributed by atoms with Crippen LogP contribution < -0.4 is 34.7 Å². The Kier molecular flexibility index (Phi) is 46.7. The van der Waals surface area contributed by atoms with Crippen LogP contribution in [0.15, 0.2) is 24.3 Å². The molecule has 0 aromatic carbocycles. The van der Waals surface area contributed by atoms with Crippen LogP contribution in [-0.4, -0.2) is 35.6 Å². The summed E-state index contributed by atoms with van der Waals surface area (Å²) in [6, 6.07) is 0. The third kappa shape index (κ3) is 46.5. The number of aldehydes is 1. The number of carbonyl (C=O) groups is 3. The normalized spacial score (nSPS) is 12.8. The first-order valence-corrected chi connectivity index (χ1v) is 18.1. The molecule has 242 valence electrons. The molecule has 0 radical (unpaired) electrons. The molecule has 42 heavy (non-hydrogen) atoms. The molecule has 0 saturated heterocycles. The largest absolute Gasteiger partial charge is 1.00 e. The molecule has 0 aliphatic rings. The number of rotatable bonds is 25. The summed E-state index contributed by atoms with van der Waals surface area (Å²) in [7, 11) is -5.18. The van der Waals surface area contributed by atoms with E-state index in [9.17, 15) is 27.9 Å². The minimum absolute atomic E-state index is 0. The molecule has 0 spiro atoms. The Morgan fingerprint density at radius 3 is 1.48 bits per heavy atom. The van der Waals surface area contributed by atoms with Gasteiger partial charge in [0, 0.05) is 12.4 Å². The van der Waals surface area contributed by atoms with Crippen LogP contribution in [0.2, 0.25) is 0 Å². The van der Waals surface area contributed by atoms with Gasteiger partial charge in [0.25, 0.3) is 20.2 Å². The zero-order valence-electron chi connectivity index (χ0n) is 26.8. The number of hydrogen-bond acceptors (Lipinski definition) is 6. The number of allylic oxidation sites excluding steroid dienone is 4. The fourth-order valence-electron chi connectivity index (χ4n) is 3.64. The van der Waals surface area contributed by atoms with Gasteiger partial charge in [0.2, 0.25) is 0 Å². The van der Waals surface area contributed by atoms with Crippen LogP contribution in [-0.2, 0) is 34.6 Å². The first-order chi connectivity index (χ1) is 19.6. The maximum absolute atomic E-state index is 11.3. The number of Topliss-reactive ketones (excluding diaryl/α,β-unsaturated/α-hetero) is 1. The summed E-state index contributed by atoms with van der Waals surface area (Å²) < 4.78 is 33.6. The van der Waals surface area contributed by atoms with E-state index in [1.165, 1.54) is 70.6 Å². The van der Waals surface area contributed by atoms with Gasteiger partial charge in [-0.1, -0.05) is 109 Å². The quantitative estimate of drug-likeness (QED) is 0.0282. The summed E-state index contributed by atoms with van der Waals surface area (Å²) in [6.45, 7) is 6.12. The zero-order valence-corrected chi connectivity index (χ0v) is 30.4. The van der Waals surface area contributed by atoms with Gasteiger partial charge in [-0.2, -0.15) is 0 Å². The maximum Gasteiger partial charge on any atom is 1.00 e. The first-order valence-electron chi connectivity index (χ1n) is 15.3. The van der Waals surface area contributed by atoms with Crippen molar-refractivity contribution in [2.75, 3.05) is 0 Å². The van der Waals surface area contributed by atoms with Crippen LogP contribution >= 0.6 is 0 Å². The van der Waals surface area contributed by atoms with Gasteiger partial charge in [0.1, 0.15) is 12.1 Å². The summed E-state index contributed by atoms with van der Waals surface area (Å²) >= 11 is 0. The molecular weight excluding hydrogens is 587 g/mol. The third-order valence-corrected chi connectivity index (χ3v) is 7.17. The van der Waals surface area contributed by atoms with Crippen molar-refractivity contribution in [2.24, 2.45) is 5.92 Å². The molecule has 0 aromatic heterocycles. The molecule has 8 nitrogen and oxygen atoms in total. The Hall–Kier alpha value is -0.490. The van der Waals surface area contributed by atoms with Crippen molar-refractivity contribution in [3.05, 3.63) is 24.3 Å². The van der Waals surface area contributed by atoms with Crippen molar-refractivity contribution in [2.45, 2.75) is 149 Å². The van der Waals surface area contributed by atoms with E-state index in [-0.39, 0.29) is 41.8 Å². The fourth-order valence-corrected chi connectivity index (χ4v) is 3.64. The van der Waals surface area contributed by atoms with Crippen molar-refractivity contribution < 1.29 is 66.6 Å². The predicted octanol–water partition coefficient (Wildman–Crippen LogP) is 4.43. The number of carbonyl (C=O) groups excluding carboxylic acids is 3. The van der Waals surface area contributed by atoms with Gasteiger partial charge >= 0.3 is 29.6 Å².